The number of thiazole rings is 1. The van der Waals surface area contributed by atoms with Crippen LogP contribution in [0, 0.1) is 5.92 Å². The molecule has 0 saturated carbocycles. The van der Waals surface area contributed by atoms with Crippen molar-refractivity contribution in [1.29, 1.82) is 0 Å². The van der Waals surface area contributed by atoms with Crippen molar-refractivity contribution in [2.45, 2.75) is 19.4 Å². The Morgan fingerprint density at radius 2 is 1.96 bits per heavy atom. The molecule has 0 spiro atoms. The summed E-state index contributed by atoms with van der Waals surface area (Å²) >= 11 is 7.25. The first-order chi connectivity index (χ1) is 12.1. The number of nitrogens with zero attached hydrogens (tertiary/aromatic N) is 2. The van der Waals surface area contributed by atoms with Crippen molar-refractivity contribution in [3.05, 3.63) is 46.4 Å². The molecule has 3 rings (SSSR count). The van der Waals surface area contributed by atoms with E-state index in [-0.39, 0.29) is 17.9 Å². The maximum absolute atomic E-state index is 12.3. The second-order valence-electron chi connectivity index (χ2n) is 5.87. The quantitative estimate of drug-likeness (QED) is 0.856. The molecule has 1 aromatic carbocycles. The fourth-order valence-electron chi connectivity index (χ4n) is 2.73. The molecule has 0 radical (unpaired) electrons. The summed E-state index contributed by atoms with van der Waals surface area (Å²) in [6.07, 6.45) is 2.98. The standard InChI is InChI=1S/C17H19ClN4O2S/c18-14-3-1-12(2-4-14)11-20-17(24)22-8-5-13(6-9-22)15(23)21-16-19-7-10-25-16/h1-4,7,10,13H,5-6,8-9,11H2,(H,20,24)(H,19,21,23). The second kappa shape index (κ2) is 8.31. The van der Waals surface area contributed by atoms with Crippen LogP contribution < -0.4 is 10.6 Å². The number of hydrogen-bond acceptors (Lipinski definition) is 4. The van der Waals surface area contributed by atoms with Gasteiger partial charge in [-0.15, -0.1) is 11.3 Å². The molecular weight excluding hydrogens is 360 g/mol. The lowest BCUT2D eigenvalue weighted by Gasteiger charge is -2.31. The third kappa shape index (κ3) is 4.93. The fourth-order valence-corrected chi connectivity index (χ4v) is 3.39. The van der Waals surface area contributed by atoms with E-state index in [1.54, 1.807) is 23.2 Å². The summed E-state index contributed by atoms with van der Waals surface area (Å²) in [6, 6.07) is 7.27. The molecule has 6 nitrogen and oxygen atoms in total. The topological polar surface area (TPSA) is 74.3 Å². The van der Waals surface area contributed by atoms with Crippen molar-refractivity contribution in [2.75, 3.05) is 18.4 Å². The van der Waals surface area contributed by atoms with Crippen LogP contribution in [-0.2, 0) is 11.3 Å². The molecule has 0 aliphatic carbocycles. The first-order valence-electron chi connectivity index (χ1n) is 8.09. The molecule has 0 bridgehead atoms. The lowest BCUT2D eigenvalue weighted by atomic mass is 9.96. The molecule has 8 heteroatoms. The molecule has 1 aromatic heterocycles. The molecule has 0 unspecified atom stereocenters. The average Bonchev–Trinajstić information content (AvgIpc) is 3.14. The van der Waals surface area contributed by atoms with Gasteiger partial charge in [-0.3, -0.25) is 4.79 Å². The molecule has 2 N–H and O–H groups in total. The predicted molar refractivity (Wildman–Crippen MR) is 98.7 cm³/mol. The van der Waals surface area contributed by atoms with Crippen LogP contribution in [0.15, 0.2) is 35.8 Å². The van der Waals surface area contributed by atoms with Crippen molar-refractivity contribution < 1.29 is 9.59 Å². The van der Waals surface area contributed by atoms with Gasteiger partial charge >= 0.3 is 6.03 Å². The van der Waals surface area contributed by atoms with Crippen LogP contribution in [-0.4, -0.2) is 34.9 Å². The van der Waals surface area contributed by atoms with Crippen LogP contribution in [0.4, 0.5) is 9.93 Å². The lowest BCUT2D eigenvalue weighted by Crippen LogP contribution is -2.45. The van der Waals surface area contributed by atoms with Crippen LogP contribution >= 0.6 is 22.9 Å². The highest BCUT2D eigenvalue weighted by atomic mass is 35.5. The molecule has 1 saturated heterocycles. The lowest BCUT2D eigenvalue weighted by molar-refractivity contribution is -0.121. The third-order valence-electron chi connectivity index (χ3n) is 4.17. The first kappa shape index (κ1) is 17.7. The van der Waals surface area contributed by atoms with Crippen LogP contribution in [0.25, 0.3) is 0 Å². The Morgan fingerprint density at radius 1 is 1.24 bits per heavy atom. The number of nitrogens with one attached hydrogen (secondary N) is 2. The molecule has 1 aliphatic heterocycles. The van der Waals surface area contributed by atoms with Gasteiger partial charge in [0.15, 0.2) is 5.13 Å². The number of carbonyl (C=O) groups excluding carboxylic acids is 2. The van der Waals surface area contributed by atoms with E-state index in [1.807, 2.05) is 17.5 Å². The molecule has 0 atom stereocenters. The first-order valence-corrected chi connectivity index (χ1v) is 9.35. The summed E-state index contributed by atoms with van der Waals surface area (Å²) in [5, 5.41) is 8.84. The van der Waals surface area contributed by atoms with Crippen molar-refractivity contribution in [3.8, 4) is 0 Å². The fraction of sp³-hybridized carbons (Fsp3) is 0.353. The monoisotopic (exact) mass is 378 g/mol. The molecule has 3 amide bonds. The van der Waals surface area contributed by atoms with Gasteiger partial charge in [-0.05, 0) is 30.5 Å². The van der Waals surface area contributed by atoms with Crippen LogP contribution in [0.1, 0.15) is 18.4 Å². The third-order valence-corrected chi connectivity index (χ3v) is 5.11. The molecule has 2 aromatic rings. The number of benzene rings is 1. The number of halogens is 1. The van der Waals surface area contributed by atoms with Crippen molar-refractivity contribution in [1.82, 2.24) is 15.2 Å². The number of likely N-dealkylation sites (tertiary alicyclic amines) is 1. The highest BCUT2D eigenvalue weighted by Crippen LogP contribution is 2.20. The van der Waals surface area contributed by atoms with E-state index in [1.165, 1.54) is 11.3 Å². The zero-order chi connectivity index (χ0) is 17.6. The summed E-state index contributed by atoms with van der Waals surface area (Å²) in [7, 11) is 0. The minimum Gasteiger partial charge on any atom is -0.334 e. The number of urea groups is 1. The van der Waals surface area contributed by atoms with E-state index < -0.39 is 0 Å². The second-order valence-corrected chi connectivity index (χ2v) is 7.20. The molecule has 1 aliphatic rings. The number of aromatic nitrogens is 1. The van der Waals surface area contributed by atoms with Gasteiger partial charge in [0, 0.05) is 42.2 Å². The van der Waals surface area contributed by atoms with Gasteiger partial charge in [0.2, 0.25) is 5.91 Å². The Morgan fingerprint density at radius 3 is 2.60 bits per heavy atom. The minimum atomic E-state index is -0.103. The summed E-state index contributed by atoms with van der Waals surface area (Å²) in [4.78, 5) is 30.3. The van der Waals surface area contributed by atoms with E-state index >= 15 is 0 Å². The SMILES string of the molecule is O=C(Nc1nccs1)C1CCN(C(=O)NCc2ccc(Cl)cc2)CC1. The van der Waals surface area contributed by atoms with Crippen molar-refractivity contribution in [3.63, 3.8) is 0 Å². The molecule has 1 fully saturated rings. The largest absolute Gasteiger partial charge is 0.334 e. The number of piperidine rings is 1. The Balaban J connectivity index is 1.42. The Kier molecular flexibility index (Phi) is 5.88. The zero-order valence-electron chi connectivity index (χ0n) is 13.6. The smallest absolute Gasteiger partial charge is 0.317 e. The van der Waals surface area contributed by atoms with Gasteiger partial charge in [0.1, 0.15) is 0 Å². The predicted octanol–water partition coefficient (Wildman–Crippen LogP) is 3.36. The summed E-state index contributed by atoms with van der Waals surface area (Å²) in [5.41, 5.74) is 0.996. The zero-order valence-corrected chi connectivity index (χ0v) is 15.1. The Labute approximate surface area is 155 Å². The molecular formula is C17H19ClN4O2S. The van der Waals surface area contributed by atoms with E-state index in [9.17, 15) is 9.59 Å². The highest BCUT2D eigenvalue weighted by molar-refractivity contribution is 7.13. The molecule has 25 heavy (non-hydrogen) atoms. The van der Waals surface area contributed by atoms with Crippen molar-refractivity contribution in [2.24, 2.45) is 5.92 Å². The van der Waals surface area contributed by atoms with Crippen LogP contribution in [0.5, 0.6) is 0 Å². The summed E-state index contributed by atoms with van der Waals surface area (Å²) < 4.78 is 0. The van der Waals surface area contributed by atoms with E-state index in [0.717, 1.165) is 5.56 Å². The van der Waals surface area contributed by atoms with E-state index in [4.69, 9.17) is 11.6 Å². The number of anilines is 1. The van der Waals surface area contributed by atoms with E-state index in [2.05, 4.69) is 15.6 Å². The normalized spacial score (nSPS) is 15.0. The molecule has 132 valence electrons. The minimum absolute atomic E-state index is 0.0174. The van der Waals surface area contributed by atoms with Gasteiger partial charge < -0.3 is 15.5 Å². The average molecular weight is 379 g/mol. The Hall–Kier alpha value is -2.12. The maximum atomic E-state index is 12.3. The molecule has 2 heterocycles. The van der Waals surface area contributed by atoms with Gasteiger partial charge in [-0.2, -0.15) is 0 Å². The number of carbonyl (C=O) groups is 2. The number of hydrogen-bond donors (Lipinski definition) is 2. The number of amides is 3. The van der Waals surface area contributed by atoms with Crippen LogP contribution in [0.2, 0.25) is 5.02 Å². The summed E-state index contributed by atoms with van der Waals surface area (Å²) in [6.45, 7) is 1.60. The van der Waals surface area contributed by atoms with Gasteiger partial charge in [-0.25, -0.2) is 9.78 Å². The summed E-state index contributed by atoms with van der Waals surface area (Å²) in [5.74, 6) is -0.0969. The van der Waals surface area contributed by atoms with Gasteiger partial charge in [-0.1, -0.05) is 23.7 Å². The number of rotatable bonds is 4. The van der Waals surface area contributed by atoms with E-state index in [0.29, 0.717) is 42.6 Å². The van der Waals surface area contributed by atoms with Gasteiger partial charge in [0.25, 0.3) is 0 Å². The Bertz CT molecular complexity index is 713. The highest BCUT2D eigenvalue weighted by Gasteiger charge is 2.27. The maximum Gasteiger partial charge on any atom is 0.317 e. The van der Waals surface area contributed by atoms with Gasteiger partial charge in [0.05, 0.1) is 0 Å². The van der Waals surface area contributed by atoms with Crippen molar-refractivity contribution >= 4 is 40.0 Å². The van der Waals surface area contributed by atoms with Crippen LogP contribution in [0.3, 0.4) is 0 Å².